The lowest BCUT2D eigenvalue weighted by molar-refractivity contribution is 0.485. The second-order valence-corrected chi connectivity index (χ2v) is 6.22. The van der Waals surface area contributed by atoms with Gasteiger partial charge in [-0.1, -0.05) is 0 Å². The molecule has 0 spiro atoms. The third-order valence-corrected chi connectivity index (χ3v) is 4.55. The minimum atomic E-state index is -0.170. The molecule has 0 radical (unpaired) electrons. The number of benzene rings is 2. The smallest absolute Gasteiger partial charge is 0.123 e. The fourth-order valence-electron chi connectivity index (χ4n) is 2.70. The number of hydrogen-bond donors (Lipinski definition) is 1. The van der Waals surface area contributed by atoms with Crippen LogP contribution in [-0.2, 0) is 0 Å². The predicted molar refractivity (Wildman–Crippen MR) is 86.3 cm³/mol. The number of piperazine rings is 1. The summed E-state index contributed by atoms with van der Waals surface area (Å²) in [6.45, 7) is 5.18. The summed E-state index contributed by atoms with van der Waals surface area (Å²) in [6.07, 6.45) is 0. The molecule has 1 unspecified atom stereocenters. The van der Waals surface area contributed by atoms with Crippen LogP contribution < -0.4 is 10.2 Å². The van der Waals surface area contributed by atoms with Crippen molar-refractivity contribution in [3.63, 3.8) is 0 Å². The predicted octanol–water partition coefficient (Wildman–Crippen LogP) is 3.38. The first-order valence-electron chi connectivity index (χ1n) is 6.51. The summed E-state index contributed by atoms with van der Waals surface area (Å²) in [5.41, 5.74) is 1.21. The molecular formula is C15H16FIN2. The Morgan fingerprint density at radius 2 is 2.11 bits per heavy atom. The fraction of sp³-hybridized carbons (Fsp3) is 0.333. The Labute approximate surface area is 126 Å². The van der Waals surface area contributed by atoms with Crippen molar-refractivity contribution in [1.29, 1.82) is 0 Å². The lowest BCUT2D eigenvalue weighted by atomic mass is 10.1. The normalized spacial score (nSPS) is 19.9. The van der Waals surface area contributed by atoms with Gasteiger partial charge in [-0.25, -0.2) is 4.39 Å². The Balaban J connectivity index is 2.11. The Kier molecular flexibility index (Phi) is 3.62. The average molecular weight is 370 g/mol. The van der Waals surface area contributed by atoms with Crippen LogP contribution in [0, 0.1) is 9.39 Å². The zero-order valence-corrected chi connectivity index (χ0v) is 12.9. The summed E-state index contributed by atoms with van der Waals surface area (Å²) in [7, 11) is 0. The van der Waals surface area contributed by atoms with Gasteiger partial charge in [-0.15, -0.1) is 0 Å². The van der Waals surface area contributed by atoms with E-state index < -0.39 is 0 Å². The molecule has 1 aliphatic rings. The van der Waals surface area contributed by atoms with E-state index in [1.54, 1.807) is 12.1 Å². The van der Waals surface area contributed by atoms with E-state index >= 15 is 0 Å². The maximum absolute atomic E-state index is 13.4. The lowest BCUT2D eigenvalue weighted by Gasteiger charge is -2.34. The van der Waals surface area contributed by atoms with Gasteiger partial charge in [0.25, 0.3) is 0 Å². The highest BCUT2D eigenvalue weighted by atomic mass is 127. The number of rotatable bonds is 1. The van der Waals surface area contributed by atoms with E-state index in [2.05, 4.69) is 51.9 Å². The molecule has 0 bridgehead atoms. The fourth-order valence-corrected chi connectivity index (χ4v) is 3.32. The van der Waals surface area contributed by atoms with Crippen LogP contribution in [-0.4, -0.2) is 25.7 Å². The zero-order valence-electron chi connectivity index (χ0n) is 10.8. The Morgan fingerprint density at radius 3 is 2.89 bits per heavy atom. The van der Waals surface area contributed by atoms with Gasteiger partial charge in [0.05, 0.1) is 0 Å². The highest BCUT2D eigenvalue weighted by Crippen LogP contribution is 2.31. The molecule has 2 aromatic rings. The maximum Gasteiger partial charge on any atom is 0.123 e. The molecule has 1 heterocycles. The molecule has 1 saturated heterocycles. The Hall–Kier alpha value is -0.880. The molecule has 0 aliphatic carbocycles. The molecular weight excluding hydrogens is 354 g/mol. The van der Waals surface area contributed by atoms with Gasteiger partial charge in [0, 0.05) is 40.3 Å². The van der Waals surface area contributed by atoms with Gasteiger partial charge in [-0.2, -0.15) is 0 Å². The summed E-state index contributed by atoms with van der Waals surface area (Å²) in [5, 5.41) is 5.59. The topological polar surface area (TPSA) is 15.3 Å². The van der Waals surface area contributed by atoms with Crippen LogP contribution in [0.3, 0.4) is 0 Å². The van der Waals surface area contributed by atoms with Gasteiger partial charge < -0.3 is 10.2 Å². The van der Waals surface area contributed by atoms with Crippen molar-refractivity contribution < 1.29 is 4.39 Å². The first kappa shape index (κ1) is 13.1. The highest BCUT2D eigenvalue weighted by molar-refractivity contribution is 14.1. The monoisotopic (exact) mass is 370 g/mol. The van der Waals surface area contributed by atoms with Gasteiger partial charge in [-0.05, 0) is 65.2 Å². The van der Waals surface area contributed by atoms with Crippen LogP contribution in [0.25, 0.3) is 10.8 Å². The molecule has 1 aliphatic heterocycles. The van der Waals surface area contributed by atoms with Crippen molar-refractivity contribution >= 4 is 39.1 Å². The number of halogens is 2. The first-order chi connectivity index (χ1) is 9.15. The standard InChI is InChI=1S/C15H16FIN2/c1-10-9-19(7-6-18-10)15-5-4-14(17)13-8-11(16)2-3-12(13)15/h2-5,8,10,18H,6-7,9H2,1H3. The molecule has 0 aromatic heterocycles. The van der Waals surface area contributed by atoms with Gasteiger partial charge in [0.15, 0.2) is 0 Å². The van der Waals surface area contributed by atoms with E-state index in [1.807, 2.05) is 6.07 Å². The number of hydrogen-bond acceptors (Lipinski definition) is 2. The number of nitrogens with zero attached hydrogens (tertiary/aromatic N) is 1. The summed E-state index contributed by atoms with van der Waals surface area (Å²) in [5.74, 6) is -0.170. The zero-order chi connectivity index (χ0) is 13.4. The molecule has 3 rings (SSSR count). The second-order valence-electron chi connectivity index (χ2n) is 5.06. The van der Waals surface area contributed by atoms with Crippen molar-refractivity contribution in [3.8, 4) is 0 Å². The molecule has 0 amide bonds. The van der Waals surface area contributed by atoms with Crippen molar-refractivity contribution in [1.82, 2.24) is 5.32 Å². The van der Waals surface area contributed by atoms with E-state index in [1.165, 1.54) is 5.69 Å². The number of fused-ring (bicyclic) bond motifs is 1. The number of nitrogens with one attached hydrogen (secondary N) is 1. The van der Waals surface area contributed by atoms with Gasteiger partial charge in [0.2, 0.25) is 0 Å². The van der Waals surface area contributed by atoms with Crippen LogP contribution in [0.2, 0.25) is 0 Å². The van der Waals surface area contributed by atoms with E-state index in [4.69, 9.17) is 0 Å². The quantitative estimate of drug-likeness (QED) is 0.775. The summed E-state index contributed by atoms with van der Waals surface area (Å²) in [6, 6.07) is 9.79. The molecule has 1 fully saturated rings. The van der Waals surface area contributed by atoms with E-state index in [9.17, 15) is 4.39 Å². The van der Waals surface area contributed by atoms with Crippen LogP contribution in [0.5, 0.6) is 0 Å². The van der Waals surface area contributed by atoms with E-state index in [0.29, 0.717) is 6.04 Å². The van der Waals surface area contributed by atoms with Gasteiger partial charge in [-0.3, -0.25) is 0 Å². The molecule has 100 valence electrons. The minimum absolute atomic E-state index is 0.170. The van der Waals surface area contributed by atoms with Crippen molar-refractivity contribution in [2.45, 2.75) is 13.0 Å². The lowest BCUT2D eigenvalue weighted by Crippen LogP contribution is -2.49. The maximum atomic E-state index is 13.4. The summed E-state index contributed by atoms with van der Waals surface area (Å²) >= 11 is 2.27. The van der Waals surface area contributed by atoms with Crippen LogP contribution in [0.4, 0.5) is 10.1 Å². The minimum Gasteiger partial charge on any atom is -0.368 e. The molecule has 19 heavy (non-hydrogen) atoms. The van der Waals surface area contributed by atoms with E-state index in [-0.39, 0.29) is 5.82 Å². The van der Waals surface area contributed by atoms with Crippen molar-refractivity contribution in [2.75, 3.05) is 24.5 Å². The van der Waals surface area contributed by atoms with E-state index in [0.717, 1.165) is 34.0 Å². The molecule has 4 heteroatoms. The van der Waals surface area contributed by atoms with Crippen LogP contribution >= 0.6 is 22.6 Å². The van der Waals surface area contributed by atoms with Crippen molar-refractivity contribution in [3.05, 3.63) is 39.7 Å². The second kappa shape index (κ2) is 5.25. The molecule has 0 saturated carbocycles. The largest absolute Gasteiger partial charge is 0.368 e. The molecule has 1 atom stereocenters. The molecule has 2 nitrogen and oxygen atoms in total. The van der Waals surface area contributed by atoms with Crippen LogP contribution in [0.1, 0.15) is 6.92 Å². The number of anilines is 1. The highest BCUT2D eigenvalue weighted by Gasteiger charge is 2.18. The Bertz CT molecular complexity index is 614. The summed E-state index contributed by atoms with van der Waals surface area (Å²) in [4.78, 5) is 2.39. The third kappa shape index (κ3) is 2.56. The molecule has 2 aromatic carbocycles. The van der Waals surface area contributed by atoms with Crippen molar-refractivity contribution in [2.24, 2.45) is 0 Å². The molecule has 1 N–H and O–H groups in total. The first-order valence-corrected chi connectivity index (χ1v) is 7.59. The summed E-state index contributed by atoms with van der Waals surface area (Å²) < 4.78 is 14.5. The van der Waals surface area contributed by atoms with Gasteiger partial charge >= 0.3 is 0 Å². The van der Waals surface area contributed by atoms with Crippen LogP contribution in [0.15, 0.2) is 30.3 Å². The SMILES string of the molecule is CC1CN(c2ccc(I)c3cc(F)ccc23)CCN1. The third-order valence-electron chi connectivity index (χ3n) is 3.61. The Morgan fingerprint density at radius 1 is 1.26 bits per heavy atom. The van der Waals surface area contributed by atoms with Gasteiger partial charge in [0.1, 0.15) is 5.82 Å². The average Bonchev–Trinajstić information content (AvgIpc) is 2.40.